The van der Waals surface area contributed by atoms with Crippen molar-refractivity contribution in [1.82, 2.24) is 30.6 Å². The van der Waals surface area contributed by atoms with Crippen LogP contribution in [0.25, 0.3) is 0 Å². The number of hydrogen-bond acceptors (Lipinski definition) is 6. The van der Waals surface area contributed by atoms with Crippen molar-refractivity contribution in [3.8, 4) is 0 Å². The highest BCUT2D eigenvalue weighted by atomic mass is 32.2. The first-order valence-electron chi connectivity index (χ1n) is 10.4. The number of aromatic nitrogens is 4. The Morgan fingerprint density at radius 3 is 1.71 bits per heavy atom. The summed E-state index contributed by atoms with van der Waals surface area (Å²) in [5.74, 6) is 5.04. The number of H-pyrrole nitrogens is 2. The number of hydrogen-bond donors (Lipinski definition) is 6. The number of imidazole rings is 2. The summed E-state index contributed by atoms with van der Waals surface area (Å²) >= 11 is 3.75. The smallest absolute Gasteiger partial charge is 0.188 e. The zero-order chi connectivity index (χ0) is 22.0. The van der Waals surface area contributed by atoms with E-state index < -0.39 is 0 Å². The van der Waals surface area contributed by atoms with Crippen LogP contribution in [0.15, 0.2) is 35.0 Å². The summed E-state index contributed by atoms with van der Waals surface area (Å²) in [7, 11) is 0. The maximum Gasteiger partial charge on any atom is 0.188 e. The molecule has 8 N–H and O–H groups in total. The van der Waals surface area contributed by atoms with Crippen molar-refractivity contribution in [2.75, 3.05) is 49.2 Å². The van der Waals surface area contributed by atoms with E-state index in [0.717, 1.165) is 55.4 Å². The maximum absolute atomic E-state index is 5.88. The fraction of sp³-hybridized carbons (Fsp3) is 0.579. The van der Waals surface area contributed by atoms with Gasteiger partial charge >= 0.3 is 0 Å². The van der Waals surface area contributed by atoms with Gasteiger partial charge in [0, 0.05) is 61.5 Å². The molecule has 0 unspecified atom stereocenters. The Bertz CT molecular complexity index is 669. The molecule has 0 aliphatic heterocycles. The molecule has 0 aromatic carbocycles. The van der Waals surface area contributed by atoms with Crippen molar-refractivity contribution in [1.29, 1.82) is 0 Å². The van der Waals surface area contributed by atoms with Crippen molar-refractivity contribution in [2.24, 2.45) is 21.5 Å². The second kappa shape index (κ2) is 16.4. The quantitative estimate of drug-likeness (QED) is 0.119. The minimum Gasteiger partial charge on any atom is -0.370 e. The number of aromatic amines is 2. The van der Waals surface area contributed by atoms with Gasteiger partial charge in [0.1, 0.15) is 0 Å². The Labute approximate surface area is 192 Å². The largest absolute Gasteiger partial charge is 0.370 e. The summed E-state index contributed by atoms with van der Waals surface area (Å²) in [5, 5.41) is 6.27. The van der Waals surface area contributed by atoms with Crippen LogP contribution in [0.1, 0.15) is 17.8 Å². The van der Waals surface area contributed by atoms with E-state index in [1.165, 1.54) is 11.4 Å². The standard InChI is InChI=1S/C19H34N10S2/c20-18(26-6-10-30-8-2-16-12-22-14-28-16)24-4-1-5-25-19(21)27-7-11-31-9-3-17-13-23-15-29-17/h12-15H,1-11H2,(H,22,28)(H,23,29)(H3,20,24,26)(H3,21,25,27). The first kappa shape index (κ1) is 24.9. The van der Waals surface area contributed by atoms with Crippen LogP contribution in [0.2, 0.25) is 0 Å². The van der Waals surface area contributed by atoms with E-state index in [2.05, 4.69) is 40.6 Å². The van der Waals surface area contributed by atoms with Gasteiger partial charge in [0.15, 0.2) is 11.9 Å². The average molecular weight is 467 g/mol. The van der Waals surface area contributed by atoms with Gasteiger partial charge in [0.25, 0.3) is 0 Å². The zero-order valence-corrected chi connectivity index (χ0v) is 19.5. The van der Waals surface area contributed by atoms with E-state index in [4.69, 9.17) is 11.5 Å². The molecule has 2 aromatic heterocycles. The van der Waals surface area contributed by atoms with E-state index in [9.17, 15) is 0 Å². The molecule has 2 aromatic rings. The van der Waals surface area contributed by atoms with Crippen LogP contribution >= 0.6 is 23.5 Å². The molecule has 0 amide bonds. The number of aliphatic imine (C=N–C) groups is 2. The Hall–Kier alpha value is -2.34. The summed E-state index contributed by atoms with van der Waals surface area (Å²) in [5.41, 5.74) is 14.1. The third kappa shape index (κ3) is 12.8. The molecule has 0 aliphatic rings. The summed E-state index contributed by atoms with van der Waals surface area (Å²) < 4.78 is 0. The van der Waals surface area contributed by atoms with Crippen LogP contribution in [0.3, 0.4) is 0 Å². The summed E-state index contributed by atoms with van der Waals surface area (Å²) in [6.07, 6.45) is 9.95. The number of nitrogens with one attached hydrogen (secondary N) is 4. The van der Waals surface area contributed by atoms with Gasteiger partial charge in [0.2, 0.25) is 0 Å². The molecule has 12 heteroatoms. The minimum absolute atomic E-state index is 0.483. The number of nitrogens with two attached hydrogens (primary N) is 2. The van der Waals surface area contributed by atoms with E-state index in [1.54, 1.807) is 12.7 Å². The van der Waals surface area contributed by atoms with Gasteiger partial charge in [-0.15, -0.1) is 0 Å². The molecular weight excluding hydrogens is 432 g/mol. The molecule has 10 nitrogen and oxygen atoms in total. The topological polar surface area (TPSA) is 158 Å². The van der Waals surface area contributed by atoms with Crippen molar-refractivity contribution in [2.45, 2.75) is 19.3 Å². The molecule has 2 heterocycles. The number of nitrogens with zero attached hydrogens (tertiary/aromatic N) is 4. The van der Waals surface area contributed by atoms with Crippen molar-refractivity contribution < 1.29 is 0 Å². The Kier molecular flexibility index (Phi) is 13.2. The predicted octanol–water partition coefficient (Wildman–Crippen LogP) is 0.583. The molecule has 172 valence electrons. The first-order valence-corrected chi connectivity index (χ1v) is 12.7. The lowest BCUT2D eigenvalue weighted by molar-refractivity contribution is 0.821. The van der Waals surface area contributed by atoms with Gasteiger partial charge < -0.3 is 32.1 Å². The van der Waals surface area contributed by atoms with Gasteiger partial charge in [0.05, 0.1) is 12.7 Å². The molecule has 0 saturated heterocycles. The van der Waals surface area contributed by atoms with Crippen molar-refractivity contribution >= 4 is 35.4 Å². The molecule has 0 aliphatic carbocycles. The SMILES string of the molecule is NC(=NCCCN=C(N)NCCSCCc1cnc[nH]1)NCCSCCc1cnc[nH]1. The zero-order valence-electron chi connectivity index (χ0n) is 17.8. The van der Waals surface area contributed by atoms with Crippen LogP contribution in [0, 0.1) is 0 Å². The highest BCUT2D eigenvalue weighted by Crippen LogP contribution is 2.04. The lowest BCUT2D eigenvalue weighted by Gasteiger charge is -2.06. The first-order chi connectivity index (χ1) is 15.2. The molecular formula is C19H34N10S2. The molecule has 0 spiro atoms. The number of thioether (sulfide) groups is 2. The summed E-state index contributed by atoms with van der Waals surface area (Å²) in [6.45, 7) is 2.87. The van der Waals surface area contributed by atoms with Gasteiger partial charge in [-0.3, -0.25) is 9.98 Å². The van der Waals surface area contributed by atoms with Gasteiger partial charge in [-0.05, 0) is 30.8 Å². The predicted molar refractivity (Wildman–Crippen MR) is 133 cm³/mol. The van der Waals surface area contributed by atoms with Crippen LogP contribution in [0.5, 0.6) is 0 Å². The van der Waals surface area contributed by atoms with E-state index in [1.807, 2.05) is 35.9 Å². The highest BCUT2D eigenvalue weighted by molar-refractivity contribution is 7.99. The fourth-order valence-corrected chi connectivity index (χ4v) is 4.12. The molecule has 31 heavy (non-hydrogen) atoms. The maximum atomic E-state index is 5.88. The molecule has 0 saturated carbocycles. The van der Waals surface area contributed by atoms with Gasteiger partial charge in [-0.1, -0.05) is 0 Å². The Morgan fingerprint density at radius 2 is 1.29 bits per heavy atom. The normalized spacial score (nSPS) is 12.3. The number of aryl methyl sites for hydroxylation is 2. The fourth-order valence-electron chi connectivity index (χ4n) is 2.50. The average Bonchev–Trinajstić information content (AvgIpc) is 3.47. The van der Waals surface area contributed by atoms with E-state index >= 15 is 0 Å². The lowest BCUT2D eigenvalue weighted by atomic mass is 10.4. The van der Waals surface area contributed by atoms with Crippen LogP contribution in [0.4, 0.5) is 0 Å². The summed E-state index contributed by atoms with van der Waals surface area (Å²) in [6, 6.07) is 0. The Balaban J connectivity index is 1.38. The summed E-state index contributed by atoms with van der Waals surface area (Å²) in [4.78, 5) is 22.9. The molecule has 0 atom stereocenters. The molecule has 0 radical (unpaired) electrons. The van der Waals surface area contributed by atoms with Crippen molar-refractivity contribution in [3.63, 3.8) is 0 Å². The molecule has 0 bridgehead atoms. The molecule has 2 rings (SSSR count). The molecule has 0 fully saturated rings. The second-order valence-electron chi connectivity index (χ2n) is 6.62. The van der Waals surface area contributed by atoms with Crippen molar-refractivity contribution in [3.05, 3.63) is 36.4 Å². The number of guanidine groups is 2. The van der Waals surface area contributed by atoms with E-state index in [-0.39, 0.29) is 0 Å². The van der Waals surface area contributed by atoms with Crippen LogP contribution < -0.4 is 22.1 Å². The lowest BCUT2D eigenvalue weighted by Crippen LogP contribution is -2.34. The van der Waals surface area contributed by atoms with Crippen LogP contribution in [-0.2, 0) is 12.8 Å². The minimum atomic E-state index is 0.483. The van der Waals surface area contributed by atoms with Gasteiger partial charge in [-0.2, -0.15) is 23.5 Å². The second-order valence-corrected chi connectivity index (χ2v) is 9.07. The monoisotopic (exact) mass is 466 g/mol. The third-order valence-electron chi connectivity index (χ3n) is 4.13. The van der Waals surface area contributed by atoms with Gasteiger partial charge in [-0.25, -0.2) is 9.97 Å². The third-order valence-corrected chi connectivity index (χ3v) is 6.10. The number of rotatable bonds is 16. The van der Waals surface area contributed by atoms with E-state index in [0.29, 0.717) is 25.0 Å². The Morgan fingerprint density at radius 1 is 0.806 bits per heavy atom. The highest BCUT2D eigenvalue weighted by Gasteiger charge is 1.97. The van der Waals surface area contributed by atoms with Crippen LogP contribution in [-0.4, -0.2) is 81.0 Å².